The van der Waals surface area contributed by atoms with Gasteiger partial charge in [0.1, 0.15) is 11.0 Å². The molecular formula is C20H36ClN5O2. The van der Waals surface area contributed by atoms with Gasteiger partial charge in [0.05, 0.1) is 5.56 Å². The van der Waals surface area contributed by atoms with Crippen LogP contribution in [0.3, 0.4) is 0 Å². The molecule has 8 heteroatoms. The number of hydrogen-bond acceptors (Lipinski definition) is 4. The molecule has 7 nitrogen and oxygen atoms in total. The van der Waals surface area contributed by atoms with Crippen LogP contribution >= 0.6 is 11.6 Å². The monoisotopic (exact) mass is 413 g/mol. The number of nitrogens with zero attached hydrogens (tertiary/aromatic N) is 1. The summed E-state index contributed by atoms with van der Waals surface area (Å²) in [5.74, 6) is -0.480. The number of nitrogens with one attached hydrogen (secondary N) is 3. The van der Waals surface area contributed by atoms with E-state index in [0.717, 1.165) is 13.0 Å². The van der Waals surface area contributed by atoms with Gasteiger partial charge in [0.2, 0.25) is 0 Å². The van der Waals surface area contributed by atoms with Crippen LogP contribution in [0.2, 0.25) is 5.15 Å². The fourth-order valence-corrected chi connectivity index (χ4v) is 2.79. The van der Waals surface area contributed by atoms with Crippen LogP contribution in [0.4, 0.5) is 5.82 Å². The third-order valence-electron chi connectivity index (χ3n) is 4.14. The lowest BCUT2D eigenvalue weighted by Gasteiger charge is -2.03. The molecule has 0 saturated carbocycles. The van der Waals surface area contributed by atoms with Gasteiger partial charge in [-0.2, -0.15) is 0 Å². The molecule has 0 bridgehead atoms. The highest BCUT2D eigenvalue weighted by molar-refractivity contribution is 6.29. The molecule has 0 aliphatic heterocycles. The molecule has 0 aromatic carbocycles. The van der Waals surface area contributed by atoms with Crippen LogP contribution in [-0.4, -0.2) is 35.6 Å². The van der Waals surface area contributed by atoms with E-state index in [1.807, 2.05) is 0 Å². The Labute approximate surface area is 174 Å². The number of rotatable bonds is 13. The second kappa shape index (κ2) is 17.1. The van der Waals surface area contributed by atoms with Crippen LogP contribution in [0.1, 0.15) is 81.5 Å². The van der Waals surface area contributed by atoms with Crippen molar-refractivity contribution in [3.63, 3.8) is 0 Å². The highest BCUT2D eigenvalue weighted by Crippen LogP contribution is 2.13. The number of aromatic nitrogens is 1. The maximum Gasteiger partial charge on any atom is 0.335 e. The molecule has 0 unspecified atom stereocenters. The van der Waals surface area contributed by atoms with Crippen molar-refractivity contribution in [1.29, 1.82) is 5.41 Å². The van der Waals surface area contributed by atoms with Gasteiger partial charge in [-0.05, 0) is 18.6 Å². The summed E-state index contributed by atoms with van der Waals surface area (Å²) in [6.07, 6.45) is 13.5. The molecule has 0 amide bonds. The molecule has 6 N–H and O–H groups in total. The maximum atomic E-state index is 10.5. The van der Waals surface area contributed by atoms with Crippen molar-refractivity contribution < 1.29 is 9.90 Å². The van der Waals surface area contributed by atoms with Crippen LogP contribution < -0.4 is 16.4 Å². The van der Waals surface area contributed by atoms with Crippen LogP contribution in [0.15, 0.2) is 12.1 Å². The van der Waals surface area contributed by atoms with E-state index in [0.29, 0.717) is 5.82 Å². The predicted octanol–water partition coefficient (Wildman–Crippen LogP) is 4.87. The number of pyridine rings is 1. The van der Waals surface area contributed by atoms with Crippen LogP contribution in [0.25, 0.3) is 0 Å². The lowest BCUT2D eigenvalue weighted by atomic mass is 10.1. The molecule has 1 aromatic heterocycles. The van der Waals surface area contributed by atoms with Crippen molar-refractivity contribution in [2.45, 2.75) is 71.1 Å². The zero-order chi connectivity index (χ0) is 21.2. The van der Waals surface area contributed by atoms with Crippen molar-refractivity contribution in [3.8, 4) is 0 Å². The number of guanidine groups is 1. The first-order valence-electron chi connectivity index (χ1n) is 10.1. The van der Waals surface area contributed by atoms with Gasteiger partial charge < -0.3 is 21.5 Å². The van der Waals surface area contributed by atoms with Crippen LogP contribution in [0, 0.1) is 5.41 Å². The Balaban J connectivity index is 0.000000540. The van der Waals surface area contributed by atoms with Gasteiger partial charge in [-0.3, -0.25) is 5.41 Å². The number of anilines is 1. The normalized spacial score (nSPS) is 9.96. The number of hydrogen-bond donors (Lipinski definition) is 5. The minimum atomic E-state index is -1.02. The molecule has 1 aromatic rings. The van der Waals surface area contributed by atoms with E-state index in [4.69, 9.17) is 27.9 Å². The lowest BCUT2D eigenvalue weighted by molar-refractivity contribution is 0.0697. The average Bonchev–Trinajstić information content (AvgIpc) is 2.65. The van der Waals surface area contributed by atoms with Crippen molar-refractivity contribution in [2.24, 2.45) is 5.73 Å². The van der Waals surface area contributed by atoms with E-state index < -0.39 is 5.97 Å². The second-order valence-electron chi connectivity index (χ2n) is 6.64. The van der Waals surface area contributed by atoms with E-state index in [1.165, 1.54) is 69.9 Å². The summed E-state index contributed by atoms with van der Waals surface area (Å²) >= 11 is 5.56. The van der Waals surface area contributed by atoms with Gasteiger partial charge in [0, 0.05) is 13.6 Å². The number of carboxylic acids is 1. The second-order valence-corrected chi connectivity index (χ2v) is 7.03. The van der Waals surface area contributed by atoms with Crippen LogP contribution in [0.5, 0.6) is 0 Å². The fourth-order valence-electron chi connectivity index (χ4n) is 2.58. The van der Waals surface area contributed by atoms with Gasteiger partial charge >= 0.3 is 5.97 Å². The summed E-state index contributed by atoms with van der Waals surface area (Å²) < 4.78 is 0. The van der Waals surface area contributed by atoms with Crippen molar-refractivity contribution in [1.82, 2.24) is 10.3 Å². The largest absolute Gasteiger partial charge is 0.478 e. The van der Waals surface area contributed by atoms with Crippen molar-refractivity contribution in [3.05, 3.63) is 22.8 Å². The molecule has 1 rings (SSSR count). The minimum Gasteiger partial charge on any atom is -0.478 e. The first kappa shape index (κ1) is 26.0. The number of unbranched alkanes of at least 4 members (excludes halogenated alkanes) is 9. The fraction of sp³-hybridized carbons (Fsp3) is 0.650. The van der Waals surface area contributed by atoms with E-state index in [2.05, 4.69) is 22.5 Å². The standard InChI is InChI=1S/C13H29N3.C7H7ClN2O2/c1-2-3-4-5-6-7-8-9-10-11-12-16-13(14)15;1-9-6-3-4(7(11)12)2-5(8)10-6/h2-12H2,1H3,(H4,14,15,16);2-3H,1H3,(H,9,10)(H,11,12). The van der Waals surface area contributed by atoms with Gasteiger partial charge in [-0.25, -0.2) is 9.78 Å². The average molecular weight is 414 g/mol. The van der Waals surface area contributed by atoms with Crippen LogP contribution in [-0.2, 0) is 0 Å². The highest BCUT2D eigenvalue weighted by atomic mass is 35.5. The molecular weight excluding hydrogens is 378 g/mol. The SMILES string of the molecule is CCCCCCCCCCCCNC(=N)N.CNc1cc(C(=O)O)cc(Cl)n1. The molecule has 0 radical (unpaired) electrons. The smallest absolute Gasteiger partial charge is 0.335 e. The Kier molecular flexibility index (Phi) is 15.9. The third-order valence-corrected chi connectivity index (χ3v) is 4.34. The minimum absolute atomic E-state index is 0.0934. The third kappa shape index (κ3) is 15.1. The Morgan fingerprint density at radius 3 is 2.11 bits per heavy atom. The topological polar surface area (TPSA) is 124 Å². The molecule has 0 aliphatic rings. The first-order valence-corrected chi connectivity index (χ1v) is 10.4. The van der Waals surface area contributed by atoms with Gasteiger partial charge in [-0.1, -0.05) is 76.3 Å². The number of carboxylic acid groups (broad SMARTS) is 1. The van der Waals surface area contributed by atoms with E-state index in [1.54, 1.807) is 7.05 Å². The molecule has 1 heterocycles. The summed E-state index contributed by atoms with van der Waals surface area (Å²) in [4.78, 5) is 14.3. The lowest BCUT2D eigenvalue weighted by Crippen LogP contribution is -2.30. The molecule has 160 valence electrons. The summed E-state index contributed by atoms with van der Waals surface area (Å²) in [6.45, 7) is 3.11. The molecule has 0 fully saturated rings. The zero-order valence-corrected chi connectivity index (χ0v) is 17.9. The molecule has 0 atom stereocenters. The Hall–Kier alpha value is -2.02. The summed E-state index contributed by atoms with van der Waals surface area (Å²) in [6, 6.07) is 2.71. The quantitative estimate of drug-likeness (QED) is 0.136. The number of carbonyl (C=O) groups is 1. The first-order chi connectivity index (χ1) is 13.4. The van der Waals surface area contributed by atoms with Gasteiger partial charge in [-0.15, -0.1) is 0 Å². The van der Waals surface area contributed by atoms with Gasteiger partial charge in [0.15, 0.2) is 5.96 Å². The predicted molar refractivity (Wildman–Crippen MR) is 118 cm³/mol. The highest BCUT2D eigenvalue weighted by Gasteiger charge is 2.05. The Morgan fingerprint density at radius 2 is 1.64 bits per heavy atom. The summed E-state index contributed by atoms with van der Waals surface area (Å²) in [7, 11) is 1.64. The molecule has 0 aliphatic carbocycles. The number of halogens is 1. The number of nitrogens with two attached hydrogens (primary N) is 1. The van der Waals surface area contributed by atoms with Crippen molar-refractivity contribution >= 4 is 29.3 Å². The Morgan fingerprint density at radius 1 is 1.11 bits per heavy atom. The van der Waals surface area contributed by atoms with Gasteiger partial charge in [0.25, 0.3) is 0 Å². The molecule has 0 saturated heterocycles. The molecule has 28 heavy (non-hydrogen) atoms. The molecule has 0 spiro atoms. The van der Waals surface area contributed by atoms with E-state index in [-0.39, 0.29) is 16.7 Å². The zero-order valence-electron chi connectivity index (χ0n) is 17.2. The van der Waals surface area contributed by atoms with E-state index >= 15 is 0 Å². The maximum absolute atomic E-state index is 10.5. The summed E-state index contributed by atoms with van der Waals surface area (Å²) in [5, 5.41) is 21.3. The van der Waals surface area contributed by atoms with E-state index in [9.17, 15) is 4.79 Å². The number of aromatic carboxylic acids is 1. The Bertz CT molecular complexity index is 570. The van der Waals surface area contributed by atoms with Crippen molar-refractivity contribution in [2.75, 3.05) is 18.9 Å². The summed E-state index contributed by atoms with van der Waals surface area (Å²) in [5.41, 5.74) is 5.31.